The zero-order valence-electron chi connectivity index (χ0n) is 11.3. The highest BCUT2D eigenvalue weighted by molar-refractivity contribution is 7.99. The summed E-state index contributed by atoms with van der Waals surface area (Å²) in [6.45, 7) is -0.0327. The molecule has 1 aromatic rings. The van der Waals surface area contributed by atoms with Crippen LogP contribution in [-0.4, -0.2) is 45.1 Å². The van der Waals surface area contributed by atoms with Crippen LogP contribution in [0.4, 0.5) is 13.2 Å². The highest BCUT2D eigenvalue weighted by Gasteiger charge is 2.40. The molecule has 1 N–H and O–H groups in total. The van der Waals surface area contributed by atoms with Gasteiger partial charge in [-0.1, -0.05) is 0 Å². The minimum Gasteiger partial charge on any atom is -0.380 e. The summed E-state index contributed by atoms with van der Waals surface area (Å²) in [4.78, 5) is 17.0. The van der Waals surface area contributed by atoms with E-state index in [2.05, 4.69) is 4.98 Å². The number of thioether (sulfide) groups is 1. The molecule has 0 aromatic carbocycles. The summed E-state index contributed by atoms with van der Waals surface area (Å²) in [6.07, 6.45) is -3.74. The summed E-state index contributed by atoms with van der Waals surface area (Å²) in [6, 6.07) is 0. The van der Waals surface area contributed by atoms with Crippen LogP contribution in [0.2, 0.25) is 0 Å². The number of hydrogen-bond donors (Lipinski definition) is 1. The molecule has 118 valence electrons. The summed E-state index contributed by atoms with van der Waals surface area (Å²) in [7, 11) is 1.47. The monoisotopic (exact) mass is 340 g/mol. The second-order valence-corrected chi connectivity index (χ2v) is 7.10. The van der Waals surface area contributed by atoms with Gasteiger partial charge in [0, 0.05) is 12.4 Å². The van der Waals surface area contributed by atoms with Crippen LogP contribution < -0.4 is 0 Å². The Hall–Kier alpha value is -0.800. The van der Waals surface area contributed by atoms with Crippen molar-refractivity contribution in [1.82, 2.24) is 9.88 Å². The maximum absolute atomic E-state index is 12.5. The molecule has 1 aliphatic rings. The second kappa shape index (κ2) is 6.13. The lowest BCUT2D eigenvalue weighted by Crippen LogP contribution is -2.49. The highest BCUT2D eigenvalue weighted by Crippen LogP contribution is 2.31. The average Bonchev–Trinajstić information content (AvgIpc) is 2.87. The van der Waals surface area contributed by atoms with Crippen molar-refractivity contribution >= 4 is 29.0 Å². The van der Waals surface area contributed by atoms with Gasteiger partial charge in [0.15, 0.2) is 5.69 Å². The Labute approximate surface area is 128 Å². The van der Waals surface area contributed by atoms with Crippen molar-refractivity contribution in [2.75, 3.05) is 18.6 Å². The third-order valence-corrected chi connectivity index (χ3v) is 5.10. The van der Waals surface area contributed by atoms with E-state index in [1.54, 1.807) is 11.8 Å². The molecule has 0 atom stereocenters. The van der Waals surface area contributed by atoms with Crippen LogP contribution in [0.3, 0.4) is 0 Å². The lowest BCUT2D eigenvalue weighted by Gasteiger charge is -2.33. The topological polar surface area (TPSA) is 53.4 Å². The van der Waals surface area contributed by atoms with Gasteiger partial charge in [-0.2, -0.15) is 24.9 Å². The number of amides is 1. The fourth-order valence-electron chi connectivity index (χ4n) is 2.07. The van der Waals surface area contributed by atoms with E-state index in [0.29, 0.717) is 24.3 Å². The number of alkyl halides is 3. The molecule has 0 radical (unpaired) electrons. The molecule has 2 heterocycles. The Bertz CT molecular complexity index is 513. The number of aliphatic hydroxyl groups is 1. The number of halogens is 3. The van der Waals surface area contributed by atoms with E-state index >= 15 is 0 Å². The Morgan fingerprint density at radius 1 is 1.48 bits per heavy atom. The Balaban J connectivity index is 2.02. The van der Waals surface area contributed by atoms with Gasteiger partial charge < -0.3 is 10.0 Å². The predicted octanol–water partition coefficient (Wildman–Crippen LogP) is 2.38. The molecule has 1 aliphatic heterocycles. The van der Waals surface area contributed by atoms with Crippen LogP contribution >= 0.6 is 23.1 Å². The van der Waals surface area contributed by atoms with E-state index in [1.165, 1.54) is 11.9 Å². The van der Waals surface area contributed by atoms with E-state index in [1.807, 2.05) is 0 Å². The first-order valence-corrected chi connectivity index (χ1v) is 8.33. The molecule has 0 bridgehead atoms. The quantitative estimate of drug-likeness (QED) is 0.918. The predicted molar refractivity (Wildman–Crippen MR) is 75.1 cm³/mol. The molecule has 9 heteroatoms. The maximum Gasteiger partial charge on any atom is 0.434 e. The van der Waals surface area contributed by atoms with Crippen molar-refractivity contribution in [2.24, 2.45) is 0 Å². The standard InChI is InChI=1S/C12H15F3N2O2S2/c1-17(10(18)11(19)2-4-20-5-3-11)6-9-16-8(7-21-9)12(13,14)15/h7,19H,2-6H2,1H3. The smallest absolute Gasteiger partial charge is 0.380 e. The molecule has 1 saturated heterocycles. The van der Waals surface area contributed by atoms with E-state index in [0.717, 1.165) is 16.7 Å². The first-order chi connectivity index (χ1) is 9.72. The minimum absolute atomic E-state index is 0.0327. The van der Waals surface area contributed by atoms with Crippen molar-refractivity contribution in [3.63, 3.8) is 0 Å². The maximum atomic E-state index is 12.5. The van der Waals surface area contributed by atoms with Crippen molar-refractivity contribution < 1.29 is 23.1 Å². The van der Waals surface area contributed by atoms with Gasteiger partial charge in [0.1, 0.15) is 10.6 Å². The average molecular weight is 340 g/mol. The van der Waals surface area contributed by atoms with Gasteiger partial charge in [0.2, 0.25) is 0 Å². The number of likely N-dealkylation sites (N-methyl/N-ethyl adjacent to an activating group) is 1. The molecule has 4 nitrogen and oxygen atoms in total. The van der Waals surface area contributed by atoms with E-state index in [-0.39, 0.29) is 11.6 Å². The molecule has 2 rings (SSSR count). The summed E-state index contributed by atoms with van der Waals surface area (Å²) in [5.41, 5.74) is -2.35. The Kier molecular flexibility index (Phi) is 4.84. The SMILES string of the molecule is CN(Cc1nc(C(F)(F)F)cs1)C(=O)C1(O)CCSCC1. The van der Waals surface area contributed by atoms with Crippen LogP contribution in [0.1, 0.15) is 23.5 Å². The molecule has 1 amide bonds. The summed E-state index contributed by atoms with van der Waals surface area (Å²) >= 11 is 2.53. The fraction of sp³-hybridized carbons (Fsp3) is 0.667. The molecule has 21 heavy (non-hydrogen) atoms. The molecule has 1 aromatic heterocycles. The number of nitrogens with zero attached hydrogens (tertiary/aromatic N) is 2. The van der Waals surface area contributed by atoms with Gasteiger partial charge in [0.05, 0.1) is 6.54 Å². The van der Waals surface area contributed by atoms with Crippen molar-refractivity contribution in [1.29, 1.82) is 0 Å². The minimum atomic E-state index is -4.48. The van der Waals surface area contributed by atoms with Crippen molar-refractivity contribution in [3.8, 4) is 0 Å². The van der Waals surface area contributed by atoms with Crippen molar-refractivity contribution in [2.45, 2.75) is 31.2 Å². The number of rotatable bonds is 3. The first-order valence-electron chi connectivity index (χ1n) is 6.30. The molecule has 0 saturated carbocycles. The van der Waals surface area contributed by atoms with Gasteiger partial charge in [-0.3, -0.25) is 4.79 Å². The van der Waals surface area contributed by atoms with E-state index < -0.39 is 23.4 Å². The normalized spacial score (nSPS) is 18.5. The van der Waals surface area contributed by atoms with Gasteiger partial charge in [-0.15, -0.1) is 11.3 Å². The molecule has 0 spiro atoms. The molecular weight excluding hydrogens is 325 g/mol. The summed E-state index contributed by atoms with van der Waals surface area (Å²) in [5, 5.41) is 11.5. The van der Waals surface area contributed by atoms with Crippen LogP contribution in [-0.2, 0) is 17.5 Å². The number of aromatic nitrogens is 1. The van der Waals surface area contributed by atoms with Gasteiger partial charge in [-0.25, -0.2) is 4.98 Å². The largest absolute Gasteiger partial charge is 0.434 e. The summed E-state index contributed by atoms with van der Waals surface area (Å²) in [5.74, 6) is 0.948. The zero-order valence-corrected chi connectivity index (χ0v) is 12.9. The lowest BCUT2D eigenvalue weighted by atomic mass is 9.95. The number of carbonyl (C=O) groups excluding carboxylic acids is 1. The molecule has 0 unspecified atom stereocenters. The first kappa shape index (κ1) is 16.6. The molecule has 1 fully saturated rings. The van der Waals surface area contributed by atoms with Crippen LogP contribution in [0, 0.1) is 0 Å². The lowest BCUT2D eigenvalue weighted by molar-refractivity contribution is -0.151. The Morgan fingerprint density at radius 2 is 2.10 bits per heavy atom. The van der Waals surface area contributed by atoms with Crippen LogP contribution in [0.25, 0.3) is 0 Å². The molecule has 0 aliphatic carbocycles. The summed E-state index contributed by atoms with van der Waals surface area (Å²) < 4.78 is 37.4. The third kappa shape index (κ3) is 3.89. The van der Waals surface area contributed by atoms with Crippen LogP contribution in [0.5, 0.6) is 0 Å². The third-order valence-electron chi connectivity index (χ3n) is 3.28. The molecular formula is C12H15F3N2O2S2. The number of hydrogen-bond acceptors (Lipinski definition) is 5. The Morgan fingerprint density at radius 3 is 2.62 bits per heavy atom. The van der Waals surface area contributed by atoms with Crippen LogP contribution in [0.15, 0.2) is 5.38 Å². The number of carbonyl (C=O) groups is 1. The van der Waals surface area contributed by atoms with E-state index in [4.69, 9.17) is 0 Å². The fourth-order valence-corrected chi connectivity index (χ4v) is 4.09. The number of thiazole rings is 1. The van der Waals surface area contributed by atoms with E-state index in [9.17, 15) is 23.1 Å². The van der Waals surface area contributed by atoms with Crippen molar-refractivity contribution in [3.05, 3.63) is 16.1 Å². The van der Waals surface area contributed by atoms with Gasteiger partial charge >= 0.3 is 6.18 Å². The highest BCUT2D eigenvalue weighted by atomic mass is 32.2. The zero-order chi connectivity index (χ0) is 15.7. The van der Waals surface area contributed by atoms with Gasteiger partial charge in [-0.05, 0) is 24.3 Å². The van der Waals surface area contributed by atoms with Gasteiger partial charge in [0.25, 0.3) is 5.91 Å². The second-order valence-electron chi connectivity index (χ2n) is 4.93.